The van der Waals surface area contributed by atoms with E-state index in [4.69, 9.17) is 9.84 Å². The molecule has 1 heterocycles. The molecule has 2 fully saturated rings. The summed E-state index contributed by atoms with van der Waals surface area (Å²) in [5, 5.41) is 8.91. The second kappa shape index (κ2) is 5.04. The summed E-state index contributed by atoms with van der Waals surface area (Å²) in [6, 6.07) is 0.244. The maximum absolute atomic E-state index is 12.2. The minimum absolute atomic E-state index is 0.0156. The van der Waals surface area contributed by atoms with Crippen molar-refractivity contribution in [1.29, 1.82) is 0 Å². The molecule has 0 bridgehead atoms. The van der Waals surface area contributed by atoms with Crippen molar-refractivity contribution in [2.45, 2.75) is 44.8 Å². The van der Waals surface area contributed by atoms with Crippen molar-refractivity contribution in [3.63, 3.8) is 0 Å². The Morgan fingerprint density at radius 1 is 1.41 bits per heavy atom. The zero-order chi connectivity index (χ0) is 12.4. The molecule has 2 aliphatic rings. The van der Waals surface area contributed by atoms with Crippen LogP contribution in [0.3, 0.4) is 0 Å². The number of carboxylic acids is 1. The van der Waals surface area contributed by atoms with Crippen molar-refractivity contribution >= 4 is 11.9 Å². The van der Waals surface area contributed by atoms with Crippen LogP contribution in [0, 0.1) is 5.92 Å². The molecule has 1 saturated heterocycles. The molecule has 0 aromatic heterocycles. The van der Waals surface area contributed by atoms with Gasteiger partial charge in [-0.25, -0.2) is 0 Å². The first-order valence-corrected chi connectivity index (χ1v) is 6.24. The highest BCUT2D eigenvalue weighted by molar-refractivity contribution is 5.82. The number of hydrogen-bond acceptors (Lipinski definition) is 3. The molecule has 0 aromatic carbocycles. The predicted octanol–water partition coefficient (Wildman–Crippen LogP) is 0.877. The van der Waals surface area contributed by atoms with Gasteiger partial charge in [0, 0.05) is 19.2 Å². The zero-order valence-electron chi connectivity index (χ0n) is 10.1. The van der Waals surface area contributed by atoms with Gasteiger partial charge < -0.3 is 14.7 Å². The van der Waals surface area contributed by atoms with Gasteiger partial charge in [0.2, 0.25) is 0 Å². The average Bonchev–Trinajstić information content (AvgIpc) is 2.98. The highest BCUT2D eigenvalue weighted by Gasteiger charge is 2.38. The van der Waals surface area contributed by atoms with Crippen LogP contribution in [0.4, 0.5) is 0 Å². The van der Waals surface area contributed by atoms with Crippen molar-refractivity contribution in [3.8, 4) is 0 Å². The maximum Gasteiger partial charge on any atom is 0.308 e. The number of rotatable bonds is 5. The van der Waals surface area contributed by atoms with E-state index in [-0.39, 0.29) is 18.1 Å². The van der Waals surface area contributed by atoms with Crippen LogP contribution in [0.15, 0.2) is 0 Å². The molecule has 1 aliphatic carbocycles. The van der Waals surface area contributed by atoms with E-state index in [0.717, 1.165) is 25.7 Å². The molecule has 1 amide bonds. The number of carbonyl (C=O) groups excluding carboxylic acids is 1. The minimum atomic E-state index is -0.851. The van der Waals surface area contributed by atoms with Crippen molar-refractivity contribution in [2.75, 3.05) is 13.2 Å². The Morgan fingerprint density at radius 3 is 2.59 bits per heavy atom. The monoisotopic (exact) mass is 241 g/mol. The van der Waals surface area contributed by atoms with E-state index in [1.54, 1.807) is 11.8 Å². The zero-order valence-corrected chi connectivity index (χ0v) is 10.1. The minimum Gasteiger partial charge on any atom is -0.481 e. The lowest BCUT2D eigenvalue weighted by atomic mass is 10.1. The van der Waals surface area contributed by atoms with Crippen LogP contribution in [0.1, 0.15) is 32.6 Å². The van der Waals surface area contributed by atoms with Crippen LogP contribution in [-0.2, 0) is 14.3 Å². The van der Waals surface area contributed by atoms with Crippen LogP contribution in [0.5, 0.6) is 0 Å². The molecule has 0 radical (unpaired) electrons. The molecule has 2 atom stereocenters. The summed E-state index contributed by atoms with van der Waals surface area (Å²) >= 11 is 0. The fourth-order valence-electron chi connectivity index (χ4n) is 2.14. The largest absolute Gasteiger partial charge is 0.481 e. The summed E-state index contributed by atoms with van der Waals surface area (Å²) in [5.41, 5.74) is 0. The van der Waals surface area contributed by atoms with E-state index in [0.29, 0.717) is 13.2 Å². The molecule has 1 N–H and O–H groups in total. The summed E-state index contributed by atoms with van der Waals surface area (Å²) in [5.74, 6) is -1.38. The maximum atomic E-state index is 12.2. The van der Waals surface area contributed by atoms with E-state index in [9.17, 15) is 9.59 Å². The lowest BCUT2D eigenvalue weighted by molar-refractivity contribution is -0.146. The van der Waals surface area contributed by atoms with Crippen molar-refractivity contribution in [3.05, 3.63) is 0 Å². The number of amides is 1. The van der Waals surface area contributed by atoms with Gasteiger partial charge in [-0.2, -0.15) is 0 Å². The summed E-state index contributed by atoms with van der Waals surface area (Å²) in [6.45, 7) is 2.59. The third kappa shape index (κ3) is 2.97. The molecular weight excluding hydrogens is 222 g/mol. The quantitative estimate of drug-likeness (QED) is 0.775. The number of nitrogens with zero attached hydrogens (tertiary/aromatic N) is 1. The van der Waals surface area contributed by atoms with Crippen LogP contribution >= 0.6 is 0 Å². The molecule has 1 aliphatic heterocycles. The van der Waals surface area contributed by atoms with E-state index in [1.165, 1.54) is 0 Å². The first-order valence-electron chi connectivity index (χ1n) is 6.24. The molecule has 0 aromatic rings. The first kappa shape index (κ1) is 12.4. The Kier molecular flexibility index (Phi) is 3.66. The molecular formula is C12H19NO4. The standard InChI is InChI=1S/C12H19NO4/c1-8(12(15)16)7-13(9-4-5-9)11(14)10-3-2-6-17-10/h8-10H,2-7H2,1H3,(H,15,16)/t8-,10-/m1/s1. The molecule has 17 heavy (non-hydrogen) atoms. The van der Waals surface area contributed by atoms with Crippen molar-refractivity contribution in [2.24, 2.45) is 5.92 Å². The third-order valence-corrected chi connectivity index (χ3v) is 3.37. The van der Waals surface area contributed by atoms with Gasteiger partial charge in [-0.1, -0.05) is 6.92 Å². The lowest BCUT2D eigenvalue weighted by Crippen LogP contribution is -2.43. The van der Waals surface area contributed by atoms with Crippen LogP contribution in [0.2, 0.25) is 0 Å². The molecule has 5 heteroatoms. The van der Waals surface area contributed by atoms with Crippen LogP contribution in [0.25, 0.3) is 0 Å². The van der Waals surface area contributed by atoms with Crippen molar-refractivity contribution in [1.82, 2.24) is 4.90 Å². The summed E-state index contributed by atoms with van der Waals surface area (Å²) in [7, 11) is 0. The second-order valence-electron chi connectivity index (χ2n) is 4.96. The number of carbonyl (C=O) groups is 2. The van der Waals surface area contributed by atoms with Gasteiger partial charge >= 0.3 is 5.97 Å². The Morgan fingerprint density at radius 2 is 2.12 bits per heavy atom. The summed E-state index contributed by atoms with van der Waals surface area (Å²) in [4.78, 5) is 24.8. The summed E-state index contributed by atoms with van der Waals surface area (Å²) < 4.78 is 5.38. The molecule has 0 spiro atoms. The topological polar surface area (TPSA) is 66.8 Å². The third-order valence-electron chi connectivity index (χ3n) is 3.37. The Balaban J connectivity index is 1.96. The number of hydrogen-bond donors (Lipinski definition) is 1. The van der Waals surface area contributed by atoms with E-state index in [1.807, 2.05) is 0 Å². The van der Waals surface area contributed by atoms with Gasteiger partial charge in [0.25, 0.3) is 5.91 Å². The van der Waals surface area contributed by atoms with E-state index in [2.05, 4.69) is 0 Å². The normalized spacial score (nSPS) is 25.6. The number of aliphatic carboxylic acids is 1. The van der Waals surface area contributed by atoms with Crippen LogP contribution in [-0.4, -0.2) is 47.2 Å². The van der Waals surface area contributed by atoms with Gasteiger partial charge in [-0.3, -0.25) is 9.59 Å². The fourth-order valence-corrected chi connectivity index (χ4v) is 2.14. The molecule has 1 saturated carbocycles. The van der Waals surface area contributed by atoms with Gasteiger partial charge in [0.1, 0.15) is 6.10 Å². The average molecular weight is 241 g/mol. The highest BCUT2D eigenvalue weighted by atomic mass is 16.5. The first-order chi connectivity index (χ1) is 8.09. The SMILES string of the molecule is C[C@H](CN(C(=O)[C@H]1CCCO1)C1CC1)C(=O)O. The Labute approximate surface area is 101 Å². The van der Waals surface area contributed by atoms with Gasteiger partial charge in [-0.05, 0) is 25.7 Å². The van der Waals surface area contributed by atoms with E-state index >= 15 is 0 Å². The number of carboxylic acid groups (broad SMARTS) is 1. The second-order valence-corrected chi connectivity index (χ2v) is 4.96. The van der Waals surface area contributed by atoms with Gasteiger partial charge in [0.15, 0.2) is 0 Å². The van der Waals surface area contributed by atoms with Gasteiger partial charge in [-0.15, -0.1) is 0 Å². The number of ether oxygens (including phenoxy) is 1. The Bertz CT molecular complexity index is 308. The molecule has 0 unspecified atom stereocenters. The smallest absolute Gasteiger partial charge is 0.308 e. The molecule has 2 rings (SSSR count). The van der Waals surface area contributed by atoms with Crippen LogP contribution < -0.4 is 0 Å². The van der Waals surface area contributed by atoms with Gasteiger partial charge in [0.05, 0.1) is 5.92 Å². The fraction of sp³-hybridized carbons (Fsp3) is 0.833. The highest BCUT2D eigenvalue weighted by Crippen LogP contribution is 2.29. The molecule has 96 valence electrons. The summed E-state index contributed by atoms with van der Waals surface area (Å²) in [6.07, 6.45) is 3.33. The lowest BCUT2D eigenvalue weighted by Gasteiger charge is -2.26. The molecule has 5 nitrogen and oxygen atoms in total. The predicted molar refractivity (Wildman–Crippen MR) is 60.5 cm³/mol. The Hall–Kier alpha value is -1.10. The van der Waals surface area contributed by atoms with Crippen molar-refractivity contribution < 1.29 is 19.4 Å². The van der Waals surface area contributed by atoms with E-state index < -0.39 is 11.9 Å².